The molecule has 2 aromatic carbocycles. The maximum Gasteiger partial charge on any atom is 0.242 e. The number of carbonyl (C=O) groups is 2. The first-order valence-electron chi connectivity index (χ1n) is 14.0. The van der Waals surface area contributed by atoms with Gasteiger partial charge in [-0.2, -0.15) is 5.10 Å². The van der Waals surface area contributed by atoms with Crippen molar-refractivity contribution in [2.24, 2.45) is 5.92 Å². The minimum absolute atomic E-state index is 0.109. The van der Waals surface area contributed by atoms with Gasteiger partial charge in [0.15, 0.2) is 11.5 Å². The lowest BCUT2D eigenvalue weighted by Crippen LogP contribution is -2.44. The van der Waals surface area contributed by atoms with Crippen LogP contribution < -0.4 is 35.6 Å². The summed E-state index contributed by atoms with van der Waals surface area (Å²) in [7, 11) is 4.66. The molecule has 1 aromatic heterocycles. The van der Waals surface area contributed by atoms with E-state index in [0.29, 0.717) is 54.3 Å². The second-order valence-electron chi connectivity index (χ2n) is 10.5. The predicted octanol–water partition coefficient (Wildman–Crippen LogP) is 3.31. The van der Waals surface area contributed by atoms with E-state index in [1.54, 1.807) is 38.3 Å². The standard InChI is InChI=1S/C31H39N5O6/c1-18(2)28(31(39)32-13-15-36-14-7-12-33-36)35-24-11-9-21-22(17-25(24)38)23(34-19(3)37)10-8-20-16-26(40-4)29(41-5)30(42-6)27(20)21/h7,9,11-12,14,16-18,23,28H,8,10,13,15H2,1-6H3,(H,32,39)(H,34,37)(H,35,38)/t23-,28-/m0/s1. The molecule has 11 heteroatoms. The van der Waals surface area contributed by atoms with Crippen LogP contribution in [0.3, 0.4) is 0 Å². The van der Waals surface area contributed by atoms with Crippen LogP contribution in [0.2, 0.25) is 0 Å². The van der Waals surface area contributed by atoms with Gasteiger partial charge in [0.25, 0.3) is 0 Å². The lowest BCUT2D eigenvalue weighted by molar-refractivity contribution is -0.122. The molecule has 1 aliphatic carbocycles. The Bertz CT molecular complexity index is 1490. The molecule has 11 nitrogen and oxygen atoms in total. The van der Waals surface area contributed by atoms with E-state index in [-0.39, 0.29) is 28.8 Å². The molecule has 1 aliphatic rings. The Labute approximate surface area is 245 Å². The van der Waals surface area contributed by atoms with Crippen molar-refractivity contribution in [1.82, 2.24) is 20.4 Å². The molecule has 0 spiro atoms. The van der Waals surface area contributed by atoms with Crippen LogP contribution in [0.25, 0.3) is 11.1 Å². The molecule has 1 heterocycles. The van der Waals surface area contributed by atoms with E-state index >= 15 is 0 Å². The largest absolute Gasteiger partial charge is 0.493 e. The number of nitrogens with one attached hydrogen (secondary N) is 3. The van der Waals surface area contributed by atoms with Crippen molar-refractivity contribution < 1.29 is 23.8 Å². The number of aromatic nitrogens is 2. The van der Waals surface area contributed by atoms with E-state index in [1.807, 2.05) is 38.2 Å². The van der Waals surface area contributed by atoms with Gasteiger partial charge >= 0.3 is 0 Å². The van der Waals surface area contributed by atoms with E-state index in [9.17, 15) is 14.4 Å². The number of nitrogens with zero attached hydrogens (tertiary/aromatic N) is 2. The van der Waals surface area contributed by atoms with Gasteiger partial charge in [-0.3, -0.25) is 19.1 Å². The molecule has 0 saturated heterocycles. The highest BCUT2D eigenvalue weighted by Crippen LogP contribution is 2.50. The monoisotopic (exact) mass is 577 g/mol. The topological polar surface area (TPSA) is 133 Å². The van der Waals surface area contributed by atoms with Crippen molar-refractivity contribution >= 4 is 17.5 Å². The van der Waals surface area contributed by atoms with Gasteiger partial charge in [-0.15, -0.1) is 0 Å². The summed E-state index contributed by atoms with van der Waals surface area (Å²) in [5, 5.41) is 13.3. The zero-order chi connectivity index (χ0) is 30.4. The fourth-order valence-electron chi connectivity index (χ4n) is 5.37. The minimum atomic E-state index is -0.658. The number of hydrogen-bond donors (Lipinski definition) is 3. The number of benzene rings is 1. The summed E-state index contributed by atoms with van der Waals surface area (Å²) in [5.41, 5.74) is 3.03. The second-order valence-corrected chi connectivity index (χ2v) is 10.5. The zero-order valence-corrected chi connectivity index (χ0v) is 24.9. The fraction of sp³-hybridized carbons (Fsp3) is 0.419. The molecule has 0 saturated carbocycles. The van der Waals surface area contributed by atoms with E-state index in [0.717, 1.165) is 11.1 Å². The molecular weight excluding hydrogens is 538 g/mol. The van der Waals surface area contributed by atoms with Crippen molar-refractivity contribution in [1.29, 1.82) is 0 Å². The molecule has 0 aliphatic heterocycles. The second kappa shape index (κ2) is 13.4. The van der Waals surface area contributed by atoms with Gasteiger partial charge in [0, 0.05) is 31.4 Å². The number of methoxy groups -OCH3 is 3. The van der Waals surface area contributed by atoms with E-state index in [1.165, 1.54) is 13.0 Å². The maximum absolute atomic E-state index is 13.7. The maximum atomic E-state index is 13.7. The number of anilines is 1. The Hall–Kier alpha value is -4.54. The van der Waals surface area contributed by atoms with Crippen molar-refractivity contribution in [2.45, 2.75) is 52.2 Å². The molecule has 3 N–H and O–H groups in total. The molecule has 0 radical (unpaired) electrons. The van der Waals surface area contributed by atoms with Crippen LogP contribution in [0.5, 0.6) is 17.2 Å². The third kappa shape index (κ3) is 6.50. The molecule has 0 unspecified atom stereocenters. The van der Waals surface area contributed by atoms with Gasteiger partial charge in [0.2, 0.25) is 23.0 Å². The van der Waals surface area contributed by atoms with E-state index < -0.39 is 12.1 Å². The van der Waals surface area contributed by atoms with Gasteiger partial charge < -0.3 is 30.2 Å². The summed E-state index contributed by atoms with van der Waals surface area (Å²) >= 11 is 0. The Morgan fingerprint density at radius 2 is 1.86 bits per heavy atom. The molecule has 2 amide bonds. The molecular formula is C31H39N5O6. The van der Waals surface area contributed by atoms with Gasteiger partial charge in [-0.05, 0) is 59.7 Å². The summed E-state index contributed by atoms with van der Waals surface area (Å²) in [6.07, 6.45) is 4.67. The molecule has 42 heavy (non-hydrogen) atoms. The average Bonchev–Trinajstić information content (AvgIpc) is 3.37. The van der Waals surface area contributed by atoms with Crippen LogP contribution in [0.1, 0.15) is 44.4 Å². The zero-order valence-electron chi connectivity index (χ0n) is 24.9. The number of amides is 2. The van der Waals surface area contributed by atoms with Crippen LogP contribution in [0.15, 0.2) is 47.5 Å². The Morgan fingerprint density at radius 1 is 1.10 bits per heavy atom. The summed E-state index contributed by atoms with van der Waals surface area (Å²) in [6.45, 7) is 6.22. The highest BCUT2D eigenvalue weighted by Gasteiger charge is 2.30. The number of carbonyl (C=O) groups excluding carboxylic acids is 2. The Balaban J connectivity index is 1.77. The highest BCUT2D eigenvalue weighted by molar-refractivity contribution is 5.86. The summed E-state index contributed by atoms with van der Waals surface area (Å²) < 4.78 is 18.8. The van der Waals surface area contributed by atoms with Crippen LogP contribution in [-0.4, -0.2) is 55.5 Å². The first kappa shape index (κ1) is 30.4. The van der Waals surface area contributed by atoms with Crippen LogP contribution in [0.4, 0.5) is 5.69 Å². The Morgan fingerprint density at radius 3 is 2.48 bits per heavy atom. The van der Waals surface area contributed by atoms with E-state index in [2.05, 4.69) is 21.0 Å². The first-order chi connectivity index (χ1) is 20.2. The smallest absolute Gasteiger partial charge is 0.242 e. The quantitative estimate of drug-likeness (QED) is 0.316. The van der Waals surface area contributed by atoms with Crippen molar-refractivity contribution in [3.63, 3.8) is 0 Å². The summed E-state index contributed by atoms with van der Waals surface area (Å²) in [6, 6.07) is 7.70. The molecule has 0 fully saturated rings. The first-order valence-corrected chi connectivity index (χ1v) is 14.0. The third-order valence-electron chi connectivity index (χ3n) is 7.38. The average molecular weight is 578 g/mol. The van der Waals surface area contributed by atoms with Gasteiger partial charge in [0.1, 0.15) is 6.04 Å². The van der Waals surface area contributed by atoms with Crippen LogP contribution in [0, 0.1) is 5.92 Å². The van der Waals surface area contributed by atoms with Gasteiger partial charge in [-0.25, -0.2) is 0 Å². The molecule has 0 bridgehead atoms. The van der Waals surface area contributed by atoms with E-state index in [4.69, 9.17) is 14.2 Å². The summed E-state index contributed by atoms with van der Waals surface area (Å²) in [4.78, 5) is 39.0. The number of hydrogen-bond acceptors (Lipinski definition) is 8. The SMILES string of the molecule is COc1cc2c(c(OC)c1OC)-c1ccc(N[C@H](C(=O)NCCn3cccn3)C(C)C)c(=O)cc1[C@@H](NC(C)=O)CC2. The number of ether oxygens (including phenoxy) is 3. The third-order valence-corrected chi connectivity index (χ3v) is 7.38. The minimum Gasteiger partial charge on any atom is -0.493 e. The molecule has 2 atom stereocenters. The lowest BCUT2D eigenvalue weighted by Gasteiger charge is -2.22. The normalized spacial score (nSPS) is 14.6. The van der Waals surface area contributed by atoms with Crippen LogP contribution >= 0.6 is 0 Å². The highest BCUT2D eigenvalue weighted by atomic mass is 16.5. The number of aryl methyl sites for hydroxylation is 1. The Kier molecular flexibility index (Phi) is 9.72. The number of fused-ring (bicyclic) bond motifs is 3. The fourth-order valence-corrected chi connectivity index (χ4v) is 5.37. The molecule has 4 rings (SSSR count). The van der Waals surface area contributed by atoms with Crippen LogP contribution in [-0.2, 0) is 22.6 Å². The van der Waals surface area contributed by atoms with Crippen molar-refractivity contribution in [3.05, 3.63) is 64.1 Å². The summed E-state index contributed by atoms with van der Waals surface area (Å²) in [5.74, 6) is 0.899. The molecule has 3 aromatic rings. The van der Waals surface area contributed by atoms with Gasteiger partial charge in [0.05, 0.1) is 39.6 Å². The predicted molar refractivity (Wildman–Crippen MR) is 160 cm³/mol. The number of rotatable bonds is 11. The lowest BCUT2D eigenvalue weighted by atomic mass is 9.95. The van der Waals surface area contributed by atoms with Gasteiger partial charge in [-0.1, -0.05) is 19.9 Å². The van der Waals surface area contributed by atoms with Crippen molar-refractivity contribution in [3.8, 4) is 28.4 Å². The van der Waals surface area contributed by atoms with Crippen molar-refractivity contribution in [2.75, 3.05) is 33.2 Å². The molecule has 224 valence electrons.